The van der Waals surface area contributed by atoms with Crippen molar-refractivity contribution >= 4 is 38.8 Å². The molecule has 0 aliphatic carbocycles. The number of nitrogens with one attached hydrogen (secondary N) is 1. The maximum Gasteiger partial charge on any atom is 0.262 e. The SMILES string of the molecule is COc1ccc(NS(=O)(=O)c2ccc(N)c(C(=O)CCCCCl)c2)c(OC)c1. The van der Waals surface area contributed by atoms with Gasteiger partial charge in [0.05, 0.1) is 24.8 Å². The van der Waals surface area contributed by atoms with Crippen LogP contribution in [0.5, 0.6) is 11.5 Å². The lowest BCUT2D eigenvalue weighted by Crippen LogP contribution is -2.15. The summed E-state index contributed by atoms with van der Waals surface area (Å²) in [4.78, 5) is 12.3. The summed E-state index contributed by atoms with van der Waals surface area (Å²) in [5.74, 6) is 1.07. The van der Waals surface area contributed by atoms with E-state index >= 15 is 0 Å². The van der Waals surface area contributed by atoms with Gasteiger partial charge in [-0.2, -0.15) is 0 Å². The molecule has 2 aromatic rings. The lowest BCUT2D eigenvalue weighted by Gasteiger charge is -2.14. The molecule has 0 aromatic heterocycles. The van der Waals surface area contributed by atoms with Gasteiger partial charge in [-0.05, 0) is 43.2 Å². The zero-order valence-electron chi connectivity index (χ0n) is 15.7. The number of hydrogen-bond donors (Lipinski definition) is 2. The van der Waals surface area contributed by atoms with Crippen molar-refractivity contribution in [1.29, 1.82) is 0 Å². The smallest absolute Gasteiger partial charge is 0.262 e. The van der Waals surface area contributed by atoms with Crippen molar-refractivity contribution in [2.75, 3.05) is 30.6 Å². The number of hydrogen-bond acceptors (Lipinski definition) is 6. The van der Waals surface area contributed by atoms with Crippen LogP contribution in [0.4, 0.5) is 11.4 Å². The fourth-order valence-corrected chi connectivity index (χ4v) is 3.83. The Kier molecular flexibility index (Phi) is 7.53. The molecular weight excluding hydrogens is 404 g/mol. The number of sulfonamides is 1. The molecular formula is C19H23ClN2O5S. The van der Waals surface area contributed by atoms with Gasteiger partial charge in [-0.15, -0.1) is 11.6 Å². The van der Waals surface area contributed by atoms with E-state index in [0.717, 1.165) is 0 Å². The van der Waals surface area contributed by atoms with Crippen molar-refractivity contribution in [1.82, 2.24) is 0 Å². The molecule has 0 atom stereocenters. The minimum atomic E-state index is -3.96. The number of benzene rings is 2. The summed E-state index contributed by atoms with van der Waals surface area (Å²) in [7, 11) is -1.04. The molecule has 0 saturated carbocycles. The topological polar surface area (TPSA) is 108 Å². The summed E-state index contributed by atoms with van der Waals surface area (Å²) < 4.78 is 38.4. The van der Waals surface area contributed by atoms with Gasteiger partial charge < -0.3 is 15.2 Å². The number of carbonyl (C=O) groups is 1. The molecule has 2 aromatic carbocycles. The van der Waals surface area contributed by atoms with Crippen molar-refractivity contribution in [2.24, 2.45) is 0 Å². The van der Waals surface area contributed by atoms with Crippen LogP contribution in [0, 0.1) is 0 Å². The molecule has 0 saturated heterocycles. The summed E-state index contributed by atoms with van der Waals surface area (Å²) in [5, 5.41) is 0. The highest BCUT2D eigenvalue weighted by atomic mass is 35.5. The van der Waals surface area contributed by atoms with Crippen molar-refractivity contribution in [2.45, 2.75) is 24.2 Å². The number of halogens is 1. The fraction of sp³-hybridized carbons (Fsp3) is 0.316. The Balaban J connectivity index is 2.31. The van der Waals surface area contributed by atoms with Gasteiger partial charge in [-0.25, -0.2) is 8.42 Å². The first-order chi connectivity index (χ1) is 13.3. The lowest BCUT2D eigenvalue weighted by atomic mass is 10.0. The van der Waals surface area contributed by atoms with E-state index in [2.05, 4.69) is 4.72 Å². The highest BCUT2D eigenvalue weighted by molar-refractivity contribution is 7.92. The molecule has 0 fully saturated rings. The van der Waals surface area contributed by atoms with Crippen molar-refractivity contribution in [3.8, 4) is 11.5 Å². The molecule has 0 amide bonds. The van der Waals surface area contributed by atoms with Gasteiger partial charge >= 0.3 is 0 Å². The molecule has 0 heterocycles. The molecule has 0 spiro atoms. The number of rotatable bonds is 10. The molecule has 0 bridgehead atoms. The molecule has 152 valence electrons. The van der Waals surface area contributed by atoms with Gasteiger partial charge in [0.15, 0.2) is 5.78 Å². The van der Waals surface area contributed by atoms with Crippen molar-refractivity contribution in [3.63, 3.8) is 0 Å². The van der Waals surface area contributed by atoms with Crippen molar-refractivity contribution in [3.05, 3.63) is 42.0 Å². The predicted octanol–water partition coefficient (Wildman–Crippen LogP) is 3.68. The Morgan fingerprint density at radius 2 is 1.86 bits per heavy atom. The van der Waals surface area contributed by atoms with E-state index in [-0.39, 0.29) is 34.0 Å². The molecule has 28 heavy (non-hydrogen) atoms. The molecule has 0 radical (unpaired) electrons. The summed E-state index contributed by atoms with van der Waals surface area (Å²) in [6.45, 7) is 0. The van der Waals surface area contributed by atoms with Crippen LogP contribution in [0.2, 0.25) is 0 Å². The van der Waals surface area contributed by atoms with Gasteiger partial charge in [-0.3, -0.25) is 9.52 Å². The second-order valence-electron chi connectivity index (χ2n) is 5.99. The van der Waals surface area contributed by atoms with Crippen LogP contribution < -0.4 is 19.9 Å². The number of nitrogens with two attached hydrogens (primary N) is 1. The third kappa shape index (κ3) is 5.30. The first-order valence-electron chi connectivity index (χ1n) is 8.56. The normalized spacial score (nSPS) is 11.1. The first kappa shape index (κ1) is 21.8. The minimum Gasteiger partial charge on any atom is -0.497 e. The number of ether oxygens (including phenoxy) is 2. The summed E-state index contributed by atoms with van der Waals surface area (Å²) in [6.07, 6.45) is 1.56. The molecule has 9 heteroatoms. The van der Waals surface area contributed by atoms with Crippen LogP contribution in [0.3, 0.4) is 0 Å². The Hall–Kier alpha value is -2.45. The largest absolute Gasteiger partial charge is 0.497 e. The second-order valence-corrected chi connectivity index (χ2v) is 8.05. The maximum absolute atomic E-state index is 12.8. The van der Waals surface area contributed by atoms with Crippen LogP contribution in [-0.2, 0) is 10.0 Å². The second kappa shape index (κ2) is 9.66. The van der Waals surface area contributed by atoms with Gasteiger partial charge in [0.1, 0.15) is 11.5 Å². The number of ketones is 1. The van der Waals surface area contributed by atoms with E-state index in [0.29, 0.717) is 30.2 Å². The van der Waals surface area contributed by atoms with E-state index < -0.39 is 10.0 Å². The monoisotopic (exact) mass is 426 g/mol. The summed E-state index contributed by atoms with van der Waals surface area (Å²) in [5.41, 5.74) is 6.53. The Morgan fingerprint density at radius 3 is 2.50 bits per heavy atom. The molecule has 0 aliphatic heterocycles. The van der Waals surface area contributed by atoms with Crippen LogP contribution in [0.1, 0.15) is 29.6 Å². The maximum atomic E-state index is 12.8. The predicted molar refractivity (Wildman–Crippen MR) is 110 cm³/mol. The quantitative estimate of drug-likeness (QED) is 0.259. The lowest BCUT2D eigenvalue weighted by molar-refractivity contribution is 0.0980. The fourth-order valence-electron chi connectivity index (χ4n) is 2.55. The van der Waals surface area contributed by atoms with E-state index in [9.17, 15) is 13.2 Å². The van der Waals surface area contributed by atoms with Gasteiger partial charge in [0.25, 0.3) is 10.0 Å². The third-order valence-electron chi connectivity index (χ3n) is 4.08. The molecule has 3 N–H and O–H groups in total. The summed E-state index contributed by atoms with van der Waals surface area (Å²) >= 11 is 5.63. The number of Topliss-reactive ketones (excluding diaryl/α,β-unsaturated/α-hetero) is 1. The highest BCUT2D eigenvalue weighted by Gasteiger charge is 2.20. The van der Waals surface area contributed by atoms with E-state index in [1.807, 2.05) is 0 Å². The average Bonchev–Trinajstić information content (AvgIpc) is 2.68. The average molecular weight is 427 g/mol. The number of nitrogen functional groups attached to an aromatic ring is 1. The van der Waals surface area contributed by atoms with E-state index in [1.165, 1.54) is 38.5 Å². The number of anilines is 2. The third-order valence-corrected chi connectivity index (χ3v) is 5.71. The Morgan fingerprint density at radius 1 is 1.11 bits per heavy atom. The van der Waals surface area contributed by atoms with Gasteiger partial charge in [0, 0.05) is 29.6 Å². The van der Waals surface area contributed by atoms with Gasteiger partial charge in [-0.1, -0.05) is 0 Å². The zero-order valence-corrected chi connectivity index (χ0v) is 17.3. The van der Waals surface area contributed by atoms with Crippen LogP contribution in [-0.4, -0.2) is 34.3 Å². The van der Waals surface area contributed by atoms with E-state index in [4.69, 9.17) is 26.8 Å². The van der Waals surface area contributed by atoms with Gasteiger partial charge in [0.2, 0.25) is 0 Å². The molecule has 0 unspecified atom stereocenters. The number of methoxy groups -OCH3 is 2. The van der Waals surface area contributed by atoms with Crippen LogP contribution in [0.15, 0.2) is 41.3 Å². The number of unbranched alkanes of at least 4 members (excludes halogenated alkanes) is 1. The first-order valence-corrected chi connectivity index (χ1v) is 10.6. The number of alkyl halides is 1. The zero-order chi connectivity index (χ0) is 20.7. The van der Waals surface area contributed by atoms with Crippen molar-refractivity contribution < 1.29 is 22.7 Å². The number of carbonyl (C=O) groups excluding carboxylic acids is 1. The Bertz CT molecular complexity index is 947. The van der Waals surface area contributed by atoms with Crippen LogP contribution in [0.25, 0.3) is 0 Å². The van der Waals surface area contributed by atoms with Crippen LogP contribution >= 0.6 is 11.6 Å². The Labute approximate surface area is 169 Å². The molecule has 2 rings (SSSR count). The standard InChI is InChI=1S/C19H23ClN2O5S/c1-26-13-6-9-17(19(11-13)27-2)22-28(24,25)14-7-8-16(21)15(12-14)18(23)5-3-4-10-20/h6-9,11-12,22H,3-5,10,21H2,1-2H3. The summed E-state index contributed by atoms with van der Waals surface area (Å²) in [6, 6.07) is 8.75. The van der Waals surface area contributed by atoms with E-state index in [1.54, 1.807) is 12.1 Å². The minimum absolute atomic E-state index is 0.0692. The molecule has 7 nitrogen and oxygen atoms in total. The molecule has 0 aliphatic rings. The highest BCUT2D eigenvalue weighted by Crippen LogP contribution is 2.31.